The zero-order valence-electron chi connectivity index (χ0n) is 13.1. The number of aryl methyl sites for hydroxylation is 1. The summed E-state index contributed by atoms with van der Waals surface area (Å²) in [6, 6.07) is 9.86. The van der Waals surface area contributed by atoms with Crippen molar-refractivity contribution in [3.8, 4) is 0 Å². The Morgan fingerprint density at radius 3 is 2.91 bits per heavy atom. The molecular weight excluding hydrogens is 306 g/mol. The standard InChI is InChI=1S/C19H19NO2S/c1-11-5-7-12(8-6-11)23-17-16-18(17)13-10-15(21)22-19(13,18)14-4-2-3-9-20(14)16/h5-8,10,14,16-17H,2-4,9H2,1H3/t14-,16-,17?,18?,19+/m1/s1. The number of hydrogen-bond donors (Lipinski definition) is 0. The van der Waals surface area contributed by atoms with Crippen LogP contribution in [0.25, 0.3) is 0 Å². The fourth-order valence-corrected chi connectivity index (χ4v) is 7.46. The number of benzene rings is 1. The molecule has 2 unspecified atom stereocenters. The summed E-state index contributed by atoms with van der Waals surface area (Å²) in [6.07, 6.45) is 5.56. The van der Waals surface area contributed by atoms with E-state index in [1.165, 1.54) is 41.8 Å². The number of piperidine rings is 3. The predicted octanol–water partition coefficient (Wildman–Crippen LogP) is 2.93. The van der Waals surface area contributed by atoms with E-state index in [4.69, 9.17) is 4.74 Å². The summed E-state index contributed by atoms with van der Waals surface area (Å²) in [5.41, 5.74) is 2.55. The number of nitrogens with zero attached hydrogens (tertiary/aromatic N) is 1. The third kappa shape index (κ3) is 1.27. The smallest absolute Gasteiger partial charge is 0.331 e. The maximum atomic E-state index is 11.8. The van der Waals surface area contributed by atoms with Gasteiger partial charge in [0.2, 0.25) is 0 Å². The van der Waals surface area contributed by atoms with E-state index in [1.54, 1.807) is 0 Å². The van der Waals surface area contributed by atoms with E-state index in [2.05, 4.69) is 36.1 Å². The lowest BCUT2D eigenvalue weighted by Crippen LogP contribution is -2.48. The lowest BCUT2D eigenvalue weighted by atomic mass is 9.96. The summed E-state index contributed by atoms with van der Waals surface area (Å²) in [5, 5.41) is 0.555. The van der Waals surface area contributed by atoms with Crippen molar-refractivity contribution in [2.24, 2.45) is 5.41 Å². The molecule has 4 fully saturated rings. The Labute approximate surface area is 140 Å². The van der Waals surface area contributed by atoms with Crippen molar-refractivity contribution in [2.45, 2.75) is 54.0 Å². The van der Waals surface area contributed by atoms with Crippen molar-refractivity contribution in [2.75, 3.05) is 6.54 Å². The molecule has 0 amide bonds. The Kier molecular flexibility index (Phi) is 2.20. The van der Waals surface area contributed by atoms with E-state index in [9.17, 15) is 4.79 Å². The van der Waals surface area contributed by atoms with Crippen LogP contribution in [0.5, 0.6) is 0 Å². The fraction of sp³-hybridized carbons (Fsp3) is 0.526. The quantitative estimate of drug-likeness (QED) is 0.782. The highest BCUT2D eigenvalue weighted by molar-refractivity contribution is 8.00. The molecule has 6 rings (SSSR count). The first-order chi connectivity index (χ1) is 11.2. The van der Waals surface area contributed by atoms with E-state index in [0.29, 0.717) is 17.3 Å². The minimum atomic E-state index is -0.239. The number of esters is 1. The molecule has 0 radical (unpaired) electrons. The second kappa shape index (κ2) is 3.86. The molecule has 5 aliphatic rings. The monoisotopic (exact) mass is 325 g/mol. The van der Waals surface area contributed by atoms with Crippen LogP contribution in [0, 0.1) is 12.3 Å². The van der Waals surface area contributed by atoms with Gasteiger partial charge < -0.3 is 4.74 Å². The van der Waals surface area contributed by atoms with Gasteiger partial charge in [0.1, 0.15) is 0 Å². The van der Waals surface area contributed by atoms with Gasteiger partial charge in [0, 0.05) is 22.3 Å². The highest BCUT2D eigenvalue weighted by atomic mass is 32.2. The molecule has 2 saturated carbocycles. The van der Waals surface area contributed by atoms with Crippen molar-refractivity contribution in [1.29, 1.82) is 0 Å². The van der Waals surface area contributed by atoms with E-state index < -0.39 is 0 Å². The number of ether oxygens (including phenoxy) is 1. The SMILES string of the molecule is Cc1ccc(SC2[C@H]3N4CCCC[C@@H]4[C@@]45OC(=O)C=C4C235)cc1. The van der Waals surface area contributed by atoms with Crippen LogP contribution in [0.2, 0.25) is 0 Å². The Morgan fingerprint density at radius 1 is 1.26 bits per heavy atom. The number of rotatable bonds is 2. The minimum absolute atomic E-state index is 0.109. The van der Waals surface area contributed by atoms with Crippen LogP contribution in [0.4, 0.5) is 0 Å². The second-order valence-corrected chi connectivity index (χ2v) is 8.84. The van der Waals surface area contributed by atoms with E-state index in [-0.39, 0.29) is 17.0 Å². The number of thioether (sulfide) groups is 1. The largest absolute Gasteiger partial charge is 0.449 e. The van der Waals surface area contributed by atoms with Crippen LogP contribution in [0.3, 0.4) is 0 Å². The Hall–Kier alpha value is -1.26. The molecule has 2 aliphatic carbocycles. The van der Waals surface area contributed by atoms with Gasteiger partial charge in [0.25, 0.3) is 0 Å². The van der Waals surface area contributed by atoms with E-state index >= 15 is 0 Å². The Balaban J connectivity index is 1.38. The Bertz CT molecular complexity index is 772. The number of carbonyl (C=O) groups is 1. The first-order valence-electron chi connectivity index (χ1n) is 8.64. The maximum Gasteiger partial charge on any atom is 0.331 e. The van der Waals surface area contributed by atoms with Crippen LogP contribution in [-0.4, -0.2) is 40.3 Å². The molecule has 3 heterocycles. The molecule has 5 atom stereocenters. The first kappa shape index (κ1) is 13.1. The summed E-state index contributed by atoms with van der Waals surface area (Å²) < 4.78 is 5.96. The Morgan fingerprint density at radius 2 is 2.09 bits per heavy atom. The van der Waals surface area contributed by atoms with Crippen LogP contribution < -0.4 is 0 Å². The van der Waals surface area contributed by atoms with Gasteiger partial charge >= 0.3 is 5.97 Å². The molecule has 0 bridgehead atoms. The molecule has 3 nitrogen and oxygen atoms in total. The summed E-state index contributed by atoms with van der Waals surface area (Å²) in [7, 11) is 0. The van der Waals surface area contributed by atoms with Crippen molar-refractivity contribution < 1.29 is 9.53 Å². The zero-order chi connectivity index (χ0) is 15.4. The molecule has 0 N–H and O–H groups in total. The number of fused-ring (bicyclic) bond motifs is 2. The first-order valence-corrected chi connectivity index (χ1v) is 9.52. The third-order valence-electron chi connectivity index (χ3n) is 6.67. The van der Waals surface area contributed by atoms with Gasteiger partial charge in [-0.2, -0.15) is 0 Å². The molecule has 2 spiro atoms. The molecule has 0 aromatic heterocycles. The average Bonchev–Trinajstić information content (AvgIpc) is 3.23. The van der Waals surface area contributed by atoms with Crippen LogP contribution in [0.15, 0.2) is 40.8 Å². The molecule has 1 aromatic rings. The summed E-state index contributed by atoms with van der Waals surface area (Å²) in [5.74, 6) is -0.109. The van der Waals surface area contributed by atoms with Gasteiger partial charge in [-0.1, -0.05) is 24.1 Å². The van der Waals surface area contributed by atoms with Crippen LogP contribution in [0.1, 0.15) is 24.8 Å². The molecule has 4 heteroatoms. The highest BCUT2D eigenvalue weighted by Crippen LogP contribution is 2.90. The average molecular weight is 325 g/mol. The molecular formula is C19H19NO2S. The van der Waals surface area contributed by atoms with Crippen molar-refractivity contribution in [3.05, 3.63) is 41.5 Å². The zero-order valence-corrected chi connectivity index (χ0v) is 13.9. The van der Waals surface area contributed by atoms with E-state index in [1.807, 2.05) is 17.8 Å². The van der Waals surface area contributed by atoms with Gasteiger partial charge in [-0.15, -0.1) is 11.8 Å². The van der Waals surface area contributed by atoms with Crippen LogP contribution >= 0.6 is 11.8 Å². The van der Waals surface area contributed by atoms with E-state index in [0.717, 1.165) is 0 Å². The molecule has 23 heavy (non-hydrogen) atoms. The van der Waals surface area contributed by atoms with Crippen molar-refractivity contribution in [3.63, 3.8) is 0 Å². The van der Waals surface area contributed by atoms with Crippen LogP contribution in [-0.2, 0) is 9.53 Å². The third-order valence-corrected chi connectivity index (χ3v) is 8.10. The van der Waals surface area contributed by atoms with Crippen molar-refractivity contribution in [1.82, 2.24) is 4.90 Å². The predicted molar refractivity (Wildman–Crippen MR) is 88.3 cm³/mol. The van der Waals surface area contributed by atoms with Gasteiger partial charge in [-0.05, 0) is 44.0 Å². The summed E-state index contributed by atoms with van der Waals surface area (Å²) >= 11 is 1.99. The summed E-state index contributed by atoms with van der Waals surface area (Å²) in [6.45, 7) is 3.30. The molecule has 1 aromatic carbocycles. The molecule has 118 valence electrons. The van der Waals surface area contributed by atoms with Gasteiger partial charge in [0.05, 0.1) is 11.5 Å². The highest BCUT2D eigenvalue weighted by Gasteiger charge is 3.01. The van der Waals surface area contributed by atoms with Crippen molar-refractivity contribution >= 4 is 17.7 Å². The number of carbonyl (C=O) groups excluding carboxylic acids is 1. The lowest BCUT2D eigenvalue weighted by Gasteiger charge is -2.37. The second-order valence-electron chi connectivity index (χ2n) is 7.63. The summed E-state index contributed by atoms with van der Waals surface area (Å²) in [4.78, 5) is 15.8. The van der Waals surface area contributed by atoms with Gasteiger partial charge in [-0.25, -0.2) is 4.79 Å². The topological polar surface area (TPSA) is 29.5 Å². The normalized spacial score (nSPS) is 45.5. The minimum Gasteiger partial charge on any atom is -0.449 e. The molecule has 3 aliphatic heterocycles. The maximum absolute atomic E-state index is 11.8. The molecule has 2 saturated heterocycles. The lowest BCUT2D eigenvalue weighted by molar-refractivity contribution is -0.146. The number of hydrogen-bond acceptors (Lipinski definition) is 4. The fourth-order valence-electron chi connectivity index (χ4n) is 5.82. The van der Waals surface area contributed by atoms with Gasteiger partial charge in [0.15, 0.2) is 5.60 Å². The van der Waals surface area contributed by atoms with Gasteiger partial charge in [-0.3, -0.25) is 4.90 Å².